The molecule has 4 bridgehead atoms. The predicted octanol–water partition coefficient (Wildman–Crippen LogP) is 13.9. The zero-order chi connectivity index (χ0) is 41.8. The molecule has 8 aromatic rings. The quantitative estimate of drug-likeness (QED) is 0.136. The Morgan fingerprint density at radius 3 is 1.18 bits per heavy atom. The second-order valence-corrected chi connectivity index (χ2v) is 21.6. The summed E-state index contributed by atoms with van der Waals surface area (Å²) >= 11 is 0. The van der Waals surface area contributed by atoms with Crippen LogP contribution in [0.15, 0.2) is 182 Å². The molecule has 4 aliphatic rings. The van der Waals surface area contributed by atoms with E-state index in [2.05, 4.69) is 152 Å². The topological polar surface area (TPSA) is 55.7 Å². The summed E-state index contributed by atoms with van der Waals surface area (Å²) in [5, 5.41) is 0.928. The minimum Gasteiger partial charge on any atom is -0.319 e. The first kappa shape index (κ1) is 38.7. The second kappa shape index (κ2) is 15.6. The van der Waals surface area contributed by atoms with Gasteiger partial charge in [0.05, 0.1) is 0 Å². The third-order valence-corrected chi connectivity index (χ3v) is 15.9. The molecule has 0 amide bonds. The van der Waals surface area contributed by atoms with Crippen LogP contribution in [-0.2, 0) is 9.98 Å². The first-order chi connectivity index (χ1) is 30.3. The van der Waals surface area contributed by atoms with E-state index in [0.717, 1.165) is 45.0 Å². The third-order valence-electron chi connectivity index (χ3n) is 14.3. The highest BCUT2D eigenvalue weighted by atomic mass is 31.2. The standard InChI is InChI=1S/C57H50N3OP/c1-62(2,61)53-15-9-14-48(37-53)44-24-28-49(29-25-44)57(51-33-38-32-39(35-51)36-52(57)34-38)50-30-26-47(27-31-50)56-59-54(45-12-7-4-8-13-45)58-55(60-56)46-22-20-43(21-23-46)42-18-16-41(17-19-42)40-10-5-3-6-11-40/h3-31,37-39,51-52H,32-36H2,1-2H3. The maximum atomic E-state index is 13.0. The fourth-order valence-corrected chi connectivity index (χ4v) is 12.4. The van der Waals surface area contributed by atoms with Crippen molar-refractivity contribution in [1.29, 1.82) is 0 Å². The summed E-state index contributed by atoms with van der Waals surface area (Å²) in [6.07, 6.45) is 6.61. The summed E-state index contributed by atoms with van der Waals surface area (Å²) in [5.74, 6) is 4.92. The van der Waals surface area contributed by atoms with E-state index in [0.29, 0.717) is 29.3 Å². The van der Waals surface area contributed by atoms with Gasteiger partial charge in [-0.25, -0.2) is 15.0 Å². The maximum Gasteiger partial charge on any atom is 0.164 e. The average molecular weight is 824 g/mol. The van der Waals surface area contributed by atoms with Crippen LogP contribution in [0, 0.1) is 23.7 Å². The van der Waals surface area contributed by atoms with Crippen LogP contribution in [0.4, 0.5) is 0 Å². The van der Waals surface area contributed by atoms with Crippen molar-refractivity contribution in [2.75, 3.05) is 13.3 Å². The predicted molar refractivity (Wildman–Crippen MR) is 256 cm³/mol. The number of hydrogen-bond acceptors (Lipinski definition) is 4. The highest BCUT2D eigenvalue weighted by molar-refractivity contribution is 7.70. The lowest BCUT2D eigenvalue weighted by atomic mass is 9.42. The monoisotopic (exact) mass is 823 g/mol. The molecular formula is C57H50N3OP. The SMILES string of the molecule is CP(C)(=O)c1cccc(-c2ccc(C3(c4ccc(-c5nc(-c6ccccc6)nc(-c6ccc(-c7ccc(-c8ccccc8)cc7)cc6)n5)cc4)C4CC5CC(C4)CC3C5)cc2)c1. The van der Waals surface area contributed by atoms with E-state index >= 15 is 0 Å². The van der Waals surface area contributed by atoms with Crippen molar-refractivity contribution in [1.82, 2.24) is 15.0 Å². The molecule has 0 unspecified atom stereocenters. The van der Waals surface area contributed by atoms with Crippen LogP contribution >= 0.6 is 7.14 Å². The van der Waals surface area contributed by atoms with Gasteiger partial charge in [-0.15, -0.1) is 0 Å². The molecule has 304 valence electrons. The number of aromatic nitrogens is 3. The zero-order valence-electron chi connectivity index (χ0n) is 35.4. The van der Waals surface area contributed by atoms with Crippen molar-refractivity contribution in [2.24, 2.45) is 23.7 Å². The van der Waals surface area contributed by atoms with Gasteiger partial charge in [-0.05, 0) is 120 Å². The summed E-state index contributed by atoms with van der Waals surface area (Å²) in [6, 6.07) is 65.1. The van der Waals surface area contributed by atoms with Crippen LogP contribution in [0.5, 0.6) is 0 Å². The van der Waals surface area contributed by atoms with Crippen LogP contribution in [-0.4, -0.2) is 28.3 Å². The zero-order valence-corrected chi connectivity index (χ0v) is 36.3. The van der Waals surface area contributed by atoms with Crippen LogP contribution in [0.3, 0.4) is 0 Å². The third kappa shape index (κ3) is 7.05. The lowest BCUT2D eigenvalue weighted by molar-refractivity contribution is -0.0418. The second-order valence-electron chi connectivity index (χ2n) is 18.4. The Kier molecular flexibility index (Phi) is 9.73. The minimum absolute atomic E-state index is 0.0437. The van der Waals surface area contributed by atoms with Crippen LogP contribution in [0.2, 0.25) is 0 Å². The Morgan fingerprint density at radius 2 is 0.726 bits per heavy atom. The van der Waals surface area contributed by atoms with E-state index in [1.807, 2.05) is 43.7 Å². The average Bonchev–Trinajstić information content (AvgIpc) is 3.32. The number of hydrogen-bond donors (Lipinski definition) is 0. The fourth-order valence-electron chi connectivity index (χ4n) is 11.5. The van der Waals surface area contributed by atoms with Gasteiger partial charge in [0.25, 0.3) is 0 Å². The molecular weight excluding hydrogens is 774 g/mol. The van der Waals surface area contributed by atoms with Crippen molar-refractivity contribution in [2.45, 2.75) is 37.5 Å². The number of nitrogens with zero attached hydrogens (tertiary/aromatic N) is 3. The molecule has 0 spiro atoms. The van der Waals surface area contributed by atoms with Crippen LogP contribution < -0.4 is 5.30 Å². The molecule has 0 N–H and O–H groups in total. The summed E-state index contributed by atoms with van der Waals surface area (Å²) in [4.78, 5) is 15.3. The van der Waals surface area contributed by atoms with Gasteiger partial charge in [0.1, 0.15) is 7.14 Å². The molecule has 4 fully saturated rings. The van der Waals surface area contributed by atoms with E-state index in [-0.39, 0.29) is 5.41 Å². The van der Waals surface area contributed by atoms with Crippen LogP contribution in [0.1, 0.15) is 43.2 Å². The minimum atomic E-state index is -2.36. The Balaban J connectivity index is 0.940. The molecule has 12 rings (SSSR count). The molecule has 4 aliphatic carbocycles. The number of benzene rings is 7. The molecule has 0 radical (unpaired) electrons. The summed E-state index contributed by atoms with van der Waals surface area (Å²) in [6.45, 7) is 3.70. The van der Waals surface area contributed by atoms with E-state index in [9.17, 15) is 4.57 Å². The van der Waals surface area contributed by atoms with E-state index in [1.165, 1.54) is 65.5 Å². The molecule has 1 aromatic heterocycles. The van der Waals surface area contributed by atoms with Crippen LogP contribution in [0.25, 0.3) is 67.5 Å². The highest BCUT2D eigenvalue weighted by Crippen LogP contribution is 2.65. The molecule has 4 saturated carbocycles. The van der Waals surface area contributed by atoms with Gasteiger partial charge in [0.15, 0.2) is 17.5 Å². The Labute approximate surface area is 365 Å². The highest BCUT2D eigenvalue weighted by Gasteiger charge is 2.58. The molecule has 5 heteroatoms. The van der Waals surface area contributed by atoms with Gasteiger partial charge in [-0.3, -0.25) is 0 Å². The molecule has 0 aliphatic heterocycles. The number of rotatable bonds is 9. The molecule has 7 aromatic carbocycles. The lowest BCUT2D eigenvalue weighted by Crippen LogP contribution is -2.56. The van der Waals surface area contributed by atoms with Gasteiger partial charge in [-0.1, -0.05) is 176 Å². The summed E-state index contributed by atoms with van der Waals surface area (Å²) < 4.78 is 13.0. The van der Waals surface area contributed by atoms with Crippen molar-refractivity contribution in [3.05, 3.63) is 193 Å². The van der Waals surface area contributed by atoms with E-state index in [4.69, 9.17) is 15.0 Å². The molecule has 1 heterocycles. The molecule has 0 atom stereocenters. The molecule has 4 nitrogen and oxygen atoms in total. The largest absolute Gasteiger partial charge is 0.319 e. The lowest BCUT2D eigenvalue weighted by Gasteiger charge is -2.62. The first-order valence-corrected chi connectivity index (χ1v) is 24.8. The Morgan fingerprint density at radius 1 is 0.387 bits per heavy atom. The van der Waals surface area contributed by atoms with Gasteiger partial charge in [0, 0.05) is 27.4 Å². The van der Waals surface area contributed by atoms with Crippen molar-refractivity contribution in [3.8, 4) is 67.5 Å². The maximum absolute atomic E-state index is 13.0. The van der Waals surface area contributed by atoms with Crippen molar-refractivity contribution in [3.63, 3.8) is 0 Å². The van der Waals surface area contributed by atoms with Gasteiger partial charge in [0.2, 0.25) is 0 Å². The van der Waals surface area contributed by atoms with Gasteiger partial charge < -0.3 is 4.57 Å². The van der Waals surface area contributed by atoms with E-state index < -0.39 is 7.14 Å². The smallest absolute Gasteiger partial charge is 0.164 e. The van der Waals surface area contributed by atoms with Crippen molar-refractivity contribution >= 4 is 12.4 Å². The van der Waals surface area contributed by atoms with Gasteiger partial charge in [-0.2, -0.15) is 0 Å². The summed E-state index contributed by atoms with van der Waals surface area (Å²) in [5.41, 5.74) is 12.7. The van der Waals surface area contributed by atoms with Gasteiger partial charge >= 0.3 is 0 Å². The van der Waals surface area contributed by atoms with E-state index in [1.54, 1.807) is 0 Å². The Hall–Kier alpha value is -6.22. The molecule has 0 saturated heterocycles. The fraction of sp³-hybridized carbons (Fsp3) is 0.211. The van der Waals surface area contributed by atoms with Crippen molar-refractivity contribution < 1.29 is 4.57 Å². The normalized spacial score (nSPS) is 21.5. The summed E-state index contributed by atoms with van der Waals surface area (Å²) in [7, 11) is -2.36. The first-order valence-electron chi connectivity index (χ1n) is 22.2. The Bertz CT molecular complexity index is 2890. The molecule has 62 heavy (non-hydrogen) atoms.